The Balaban J connectivity index is 1.46. The fourth-order valence-electron chi connectivity index (χ4n) is 3.33. The van der Waals surface area contributed by atoms with Crippen molar-refractivity contribution in [1.82, 2.24) is 14.8 Å². The van der Waals surface area contributed by atoms with Gasteiger partial charge in [0.25, 0.3) is 5.91 Å². The number of hydrogen-bond acceptors (Lipinski definition) is 4. The quantitative estimate of drug-likeness (QED) is 0.818. The third kappa shape index (κ3) is 5.11. The zero-order valence-corrected chi connectivity index (χ0v) is 14.9. The third-order valence-electron chi connectivity index (χ3n) is 4.72. The van der Waals surface area contributed by atoms with Gasteiger partial charge >= 0.3 is 0 Å². The fourth-order valence-corrected chi connectivity index (χ4v) is 3.33. The van der Waals surface area contributed by atoms with Gasteiger partial charge in [-0.15, -0.1) is 0 Å². The highest BCUT2D eigenvalue weighted by Gasteiger charge is 2.20. The SMILES string of the molecule is O=C(/C=C/CN1CCC[C@H](F)C1)Nc1ccc(C(=O)N2CCCC2)nc1. The summed E-state index contributed by atoms with van der Waals surface area (Å²) >= 11 is 0. The number of anilines is 1. The highest BCUT2D eigenvalue weighted by Crippen LogP contribution is 2.14. The van der Waals surface area contributed by atoms with Gasteiger partial charge in [0.1, 0.15) is 11.9 Å². The van der Waals surface area contributed by atoms with Crippen molar-refractivity contribution in [3.63, 3.8) is 0 Å². The van der Waals surface area contributed by atoms with Gasteiger partial charge in [0.05, 0.1) is 11.9 Å². The molecule has 140 valence electrons. The van der Waals surface area contributed by atoms with Crippen molar-refractivity contribution in [1.29, 1.82) is 0 Å². The van der Waals surface area contributed by atoms with E-state index in [4.69, 9.17) is 0 Å². The van der Waals surface area contributed by atoms with Crippen molar-refractivity contribution in [3.05, 3.63) is 36.2 Å². The number of nitrogens with one attached hydrogen (secondary N) is 1. The monoisotopic (exact) mass is 360 g/mol. The van der Waals surface area contributed by atoms with Crippen LogP contribution in [-0.2, 0) is 4.79 Å². The van der Waals surface area contributed by atoms with E-state index in [0.29, 0.717) is 30.9 Å². The largest absolute Gasteiger partial charge is 0.337 e. The molecule has 6 nitrogen and oxygen atoms in total. The van der Waals surface area contributed by atoms with Gasteiger partial charge in [0, 0.05) is 32.3 Å². The van der Waals surface area contributed by atoms with E-state index in [1.54, 1.807) is 23.1 Å². The molecule has 0 saturated carbocycles. The zero-order valence-electron chi connectivity index (χ0n) is 14.9. The van der Waals surface area contributed by atoms with E-state index < -0.39 is 6.17 Å². The van der Waals surface area contributed by atoms with E-state index in [2.05, 4.69) is 10.3 Å². The van der Waals surface area contributed by atoms with Crippen molar-refractivity contribution >= 4 is 17.5 Å². The van der Waals surface area contributed by atoms with Gasteiger partial charge < -0.3 is 10.2 Å². The zero-order chi connectivity index (χ0) is 18.4. The van der Waals surface area contributed by atoms with Crippen LogP contribution in [0.3, 0.4) is 0 Å². The van der Waals surface area contributed by atoms with Crippen LogP contribution in [-0.4, -0.2) is 65.5 Å². The van der Waals surface area contributed by atoms with Gasteiger partial charge in [-0.2, -0.15) is 0 Å². The van der Waals surface area contributed by atoms with Crippen molar-refractivity contribution in [2.75, 3.05) is 38.0 Å². The number of aromatic nitrogens is 1. The molecular weight excluding hydrogens is 335 g/mol. The van der Waals surface area contributed by atoms with Crippen LogP contribution in [0, 0.1) is 0 Å². The molecule has 0 aliphatic carbocycles. The molecule has 26 heavy (non-hydrogen) atoms. The Morgan fingerprint density at radius 3 is 2.73 bits per heavy atom. The number of nitrogens with zero attached hydrogens (tertiary/aromatic N) is 3. The molecule has 3 rings (SSSR count). The normalized spacial score (nSPS) is 21.3. The third-order valence-corrected chi connectivity index (χ3v) is 4.72. The maximum Gasteiger partial charge on any atom is 0.272 e. The second-order valence-electron chi connectivity index (χ2n) is 6.82. The topological polar surface area (TPSA) is 65.5 Å². The summed E-state index contributed by atoms with van der Waals surface area (Å²) in [5.41, 5.74) is 0.936. The molecule has 1 N–H and O–H groups in total. The number of likely N-dealkylation sites (tertiary alicyclic amines) is 2. The first-order valence-electron chi connectivity index (χ1n) is 9.21. The molecule has 0 bridgehead atoms. The molecule has 2 fully saturated rings. The highest BCUT2D eigenvalue weighted by atomic mass is 19.1. The molecule has 2 amide bonds. The molecule has 0 radical (unpaired) electrons. The molecule has 0 unspecified atom stereocenters. The summed E-state index contributed by atoms with van der Waals surface area (Å²) in [6.45, 7) is 3.43. The van der Waals surface area contributed by atoms with Crippen molar-refractivity contribution in [2.45, 2.75) is 31.9 Å². The van der Waals surface area contributed by atoms with Crippen LogP contribution < -0.4 is 5.32 Å². The Kier molecular flexibility index (Phi) is 6.33. The lowest BCUT2D eigenvalue weighted by Crippen LogP contribution is -2.36. The van der Waals surface area contributed by atoms with Gasteiger partial charge in [-0.3, -0.25) is 14.5 Å². The van der Waals surface area contributed by atoms with Crippen molar-refractivity contribution < 1.29 is 14.0 Å². The Labute approximate surface area is 153 Å². The summed E-state index contributed by atoms with van der Waals surface area (Å²) < 4.78 is 13.3. The van der Waals surface area contributed by atoms with E-state index >= 15 is 0 Å². The summed E-state index contributed by atoms with van der Waals surface area (Å²) in [5.74, 6) is -0.327. The number of piperidine rings is 1. The van der Waals surface area contributed by atoms with Gasteiger partial charge in [0.15, 0.2) is 0 Å². The summed E-state index contributed by atoms with van der Waals surface area (Å²) in [6, 6.07) is 3.31. The number of rotatable bonds is 5. The number of halogens is 1. The fraction of sp³-hybridized carbons (Fsp3) is 0.526. The average molecular weight is 360 g/mol. The molecule has 1 aromatic rings. The second kappa shape index (κ2) is 8.89. The predicted molar refractivity (Wildman–Crippen MR) is 97.7 cm³/mol. The van der Waals surface area contributed by atoms with Crippen LogP contribution in [0.5, 0.6) is 0 Å². The molecule has 2 aliphatic heterocycles. The molecular formula is C19H25FN4O2. The minimum absolute atomic E-state index is 0.0621. The lowest BCUT2D eigenvalue weighted by atomic mass is 10.1. The van der Waals surface area contributed by atoms with Crippen LogP contribution in [0.4, 0.5) is 10.1 Å². The van der Waals surface area contributed by atoms with Crippen molar-refractivity contribution in [3.8, 4) is 0 Å². The number of pyridine rings is 1. The van der Waals surface area contributed by atoms with E-state index in [1.807, 2.05) is 4.90 Å². The van der Waals surface area contributed by atoms with E-state index in [-0.39, 0.29) is 11.8 Å². The standard InChI is InChI=1S/C19H25FN4O2/c20-15-5-3-9-23(14-15)10-4-6-18(25)22-16-7-8-17(21-13-16)19(26)24-11-1-2-12-24/h4,6-8,13,15H,1-3,5,9-12,14H2,(H,22,25)/b6-4+/t15-/m0/s1. The number of hydrogen-bond donors (Lipinski definition) is 1. The van der Waals surface area contributed by atoms with Crippen LogP contribution >= 0.6 is 0 Å². The Bertz CT molecular complexity index is 656. The second-order valence-corrected chi connectivity index (χ2v) is 6.82. The summed E-state index contributed by atoms with van der Waals surface area (Å²) in [6.07, 6.45) is 7.48. The van der Waals surface area contributed by atoms with Gasteiger partial charge in [-0.05, 0) is 44.4 Å². The minimum Gasteiger partial charge on any atom is -0.337 e. The molecule has 2 aliphatic rings. The Hall–Kier alpha value is -2.28. The molecule has 2 saturated heterocycles. The molecule has 7 heteroatoms. The van der Waals surface area contributed by atoms with Gasteiger partial charge in [-0.25, -0.2) is 9.37 Å². The molecule has 0 spiro atoms. The predicted octanol–water partition coefficient (Wildman–Crippen LogP) is 2.25. The van der Waals surface area contributed by atoms with Gasteiger partial charge in [-0.1, -0.05) is 6.08 Å². The lowest BCUT2D eigenvalue weighted by molar-refractivity contribution is -0.111. The van der Waals surface area contributed by atoms with E-state index in [9.17, 15) is 14.0 Å². The van der Waals surface area contributed by atoms with Crippen LogP contribution in [0.25, 0.3) is 0 Å². The first-order valence-corrected chi connectivity index (χ1v) is 9.21. The first-order chi connectivity index (χ1) is 12.6. The number of alkyl halides is 1. The molecule has 1 aromatic heterocycles. The molecule has 0 aromatic carbocycles. The van der Waals surface area contributed by atoms with Crippen LogP contribution in [0.15, 0.2) is 30.5 Å². The minimum atomic E-state index is -0.765. The smallest absolute Gasteiger partial charge is 0.272 e. The summed E-state index contributed by atoms with van der Waals surface area (Å²) in [5, 5.41) is 2.72. The number of carbonyl (C=O) groups is 2. The number of carbonyl (C=O) groups excluding carboxylic acids is 2. The van der Waals surface area contributed by atoms with Crippen LogP contribution in [0.2, 0.25) is 0 Å². The Morgan fingerprint density at radius 1 is 1.23 bits per heavy atom. The van der Waals surface area contributed by atoms with Crippen molar-refractivity contribution in [2.24, 2.45) is 0 Å². The highest BCUT2D eigenvalue weighted by molar-refractivity contribution is 5.99. The average Bonchev–Trinajstić information content (AvgIpc) is 3.16. The van der Waals surface area contributed by atoms with E-state index in [1.165, 1.54) is 12.3 Å². The molecule has 3 heterocycles. The first kappa shape index (κ1) is 18.5. The lowest BCUT2D eigenvalue weighted by Gasteiger charge is -2.27. The summed E-state index contributed by atoms with van der Waals surface area (Å²) in [7, 11) is 0. The maximum atomic E-state index is 13.3. The van der Waals surface area contributed by atoms with Gasteiger partial charge in [0.2, 0.25) is 5.91 Å². The van der Waals surface area contributed by atoms with E-state index in [0.717, 1.165) is 38.9 Å². The number of amides is 2. The van der Waals surface area contributed by atoms with Crippen LogP contribution in [0.1, 0.15) is 36.2 Å². The Morgan fingerprint density at radius 2 is 2.04 bits per heavy atom. The maximum absolute atomic E-state index is 13.3. The molecule has 1 atom stereocenters. The summed E-state index contributed by atoms with van der Waals surface area (Å²) in [4.78, 5) is 32.1.